The molecular formula is C16H19NO3. The molecule has 0 unspecified atom stereocenters. The zero-order valence-electron chi connectivity index (χ0n) is 11.8. The highest BCUT2D eigenvalue weighted by Gasteiger charge is 2.08. The molecule has 0 aliphatic carbocycles. The molecule has 2 aromatic rings. The third kappa shape index (κ3) is 3.71. The normalized spacial score (nSPS) is 12.1. The number of ether oxygens (including phenoxy) is 2. The van der Waals surface area contributed by atoms with Crippen molar-refractivity contribution in [2.45, 2.75) is 13.0 Å². The van der Waals surface area contributed by atoms with E-state index in [-0.39, 0.29) is 18.6 Å². The molecule has 0 aromatic heterocycles. The lowest BCUT2D eigenvalue weighted by atomic mass is 10.1. The van der Waals surface area contributed by atoms with Gasteiger partial charge in [-0.15, -0.1) is 0 Å². The van der Waals surface area contributed by atoms with E-state index in [1.165, 1.54) is 0 Å². The summed E-state index contributed by atoms with van der Waals surface area (Å²) < 4.78 is 10.6. The smallest absolute Gasteiger partial charge is 0.258 e. The summed E-state index contributed by atoms with van der Waals surface area (Å²) in [5, 5.41) is 4.91. The van der Waals surface area contributed by atoms with E-state index in [0.29, 0.717) is 6.61 Å². The molecule has 0 aliphatic heterocycles. The Morgan fingerprint density at radius 2 is 1.95 bits per heavy atom. The maximum atomic E-state index is 11.7. The topological polar surface area (TPSA) is 47.6 Å². The molecule has 0 spiro atoms. The molecule has 0 fully saturated rings. The molecule has 1 atom stereocenters. The van der Waals surface area contributed by atoms with Crippen LogP contribution in [0.2, 0.25) is 0 Å². The molecule has 106 valence electrons. The molecule has 1 N–H and O–H groups in total. The number of rotatable bonds is 6. The van der Waals surface area contributed by atoms with Gasteiger partial charge in [0, 0.05) is 18.5 Å². The quantitative estimate of drug-likeness (QED) is 0.879. The van der Waals surface area contributed by atoms with Crippen molar-refractivity contribution >= 4 is 16.7 Å². The van der Waals surface area contributed by atoms with E-state index >= 15 is 0 Å². The Balaban J connectivity index is 1.97. The third-order valence-electron chi connectivity index (χ3n) is 2.93. The molecule has 0 radical (unpaired) electrons. The average Bonchev–Trinajstić information content (AvgIpc) is 2.45. The molecule has 2 aromatic carbocycles. The first-order valence-electron chi connectivity index (χ1n) is 6.59. The molecule has 4 heteroatoms. The van der Waals surface area contributed by atoms with Crippen molar-refractivity contribution < 1.29 is 14.3 Å². The molecule has 0 aliphatic rings. The second-order valence-electron chi connectivity index (χ2n) is 4.69. The lowest BCUT2D eigenvalue weighted by Gasteiger charge is -2.14. The molecule has 2 rings (SSSR count). The average molecular weight is 273 g/mol. The van der Waals surface area contributed by atoms with Gasteiger partial charge < -0.3 is 14.8 Å². The molecule has 0 bridgehead atoms. The number of carbonyl (C=O) groups is 1. The van der Waals surface area contributed by atoms with Crippen LogP contribution >= 0.6 is 0 Å². The molecule has 1 amide bonds. The number of benzene rings is 2. The summed E-state index contributed by atoms with van der Waals surface area (Å²) in [6.45, 7) is 2.38. The zero-order valence-corrected chi connectivity index (χ0v) is 11.8. The first-order chi connectivity index (χ1) is 9.70. The van der Waals surface area contributed by atoms with Gasteiger partial charge >= 0.3 is 0 Å². The minimum absolute atomic E-state index is 0.00205. The number of carbonyl (C=O) groups excluding carboxylic acids is 1. The number of methoxy groups -OCH3 is 1. The van der Waals surface area contributed by atoms with E-state index in [9.17, 15) is 4.79 Å². The molecule has 0 saturated heterocycles. The lowest BCUT2D eigenvalue weighted by Crippen LogP contribution is -2.38. The van der Waals surface area contributed by atoms with Crippen LogP contribution in [0.5, 0.6) is 5.75 Å². The number of amides is 1. The van der Waals surface area contributed by atoms with Gasteiger partial charge in [-0.2, -0.15) is 0 Å². The van der Waals surface area contributed by atoms with E-state index in [0.717, 1.165) is 16.5 Å². The van der Waals surface area contributed by atoms with Gasteiger partial charge in [-0.25, -0.2) is 0 Å². The molecule has 20 heavy (non-hydrogen) atoms. The van der Waals surface area contributed by atoms with Crippen molar-refractivity contribution in [1.82, 2.24) is 5.32 Å². The van der Waals surface area contributed by atoms with Crippen LogP contribution in [0.4, 0.5) is 0 Å². The minimum Gasteiger partial charge on any atom is -0.483 e. The van der Waals surface area contributed by atoms with E-state index in [1.807, 2.05) is 49.4 Å². The van der Waals surface area contributed by atoms with Crippen LogP contribution in [0, 0.1) is 0 Å². The Bertz CT molecular complexity index is 577. The fraction of sp³-hybridized carbons (Fsp3) is 0.312. The highest BCUT2D eigenvalue weighted by Crippen LogP contribution is 2.24. The van der Waals surface area contributed by atoms with Crippen molar-refractivity contribution in [3.05, 3.63) is 42.5 Å². The van der Waals surface area contributed by atoms with E-state index in [2.05, 4.69) is 5.32 Å². The van der Waals surface area contributed by atoms with Gasteiger partial charge in [0.05, 0.1) is 6.61 Å². The summed E-state index contributed by atoms with van der Waals surface area (Å²) >= 11 is 0. The summed E-state index contributed by atoms with van der Waals surface area (Å²) in [6.07, 6.45) is 0. The van der Waals surface area contributed by atoms with Crippen LogP contribution in [0.3, 0.4) is 0 Å². The van der Waals surface area contributed by atoms with Crippen LogP contribution in [-0.4, -0.2) is 32.3 Å². The first-order valence-corrected chi connectivity index (χ1v) is 6.59. The summed E-state index contributed by atoms with van der Waals surface area (Å²) in [4.78, 5) is 11.7. The Morgan fingerprint density at radius 3 is 2.75 bits per heavy atom. The highest BCUT2D eigenvalue weighted by atomic mass is 16.5. The number of hydrogen-bond donors (Lipinski definition) is 1. The SMILES string of the molecule is COC[C@H](C)NC(=O)COc1cccc2ccccc12. The first kappa shape index (κ1) is 14.3. The zero-order chi connectivity index (χ0) is 14.4. The van der Waals surface area contributed by atoms with Crippen LogP contribution in [0.25, 0.3) is 10.8 Å². The molecular weight excluding hydrogens is 254 g/mol. The van der Waals surface area contributed by atoms with Gasteiger partial charge in [-0.05, 0) is 18.4 Å². The Kier molecular flexibility index (Phi) is 4.96. The molecule has 0 heterocycles. The largest absolute Gasteiger partial charge is 0.483 e. The van der Waals surface area contributed by atoms with Crippen LogP contribution in [0.15, 0.2) is 42.5 Å². The summed E-state index contributed by atoms with van der Waals surface area (Å²) in [5.74, 6) is 0.570. The number of fused-ring (bicyclic) bond motifs is 1. The predicted octanol–water partition coefficient (Wildman–Crippen LogP) is 2.37. The van der Waals surface area contributed by atoms with E-state index in [4.69, 9.17) is 9.47 Å². The van der Waals surface area contributed by atoms with Gasteiger partial charge in [-0.3, -0.25) is 4.79 Å². The van der Waals surface area contributed by atoms with Crippen molar-refractivity contribution in [3.8, 4) is 5.75 Å². The van der Waals surface area contributed by atoms with Gasteiger partial charge in [-0.1, -0.05) is 36.4 Å². The maximum absolute atomic E-state index is 11.7. The standard InChI is InChI=1S/C16H19NO3/c1-12(10-19-2)17-16(18)11-20-15-9-5-7-13-6-3-4-8-14(13)15/h3-9,12H,10-11H2,1-2H3,(H,17,18)/t12-/m0/s1. The van der Waals surface area contributed by atoms with Crippen molar-refractivity contribution in [3.63, 3.8) is 0 Å². The number of nitrogens with one attached hydrogen (secondary N) is 1. The summed E-state index contributed by atoms with van der Waals surface area (Å²) in [7, 11) is 1.61. The van der Waals surface area contributed by atoms with Crippen LogP contribution in [0.1, 0.15) is 6.92 Å². The predicted molar refractivity (Wildman–Crippen MR) is 78.9 cm³/mol. The number of hydrogen-bond acceptors (Lipinski definition) is 3. The lowest BCUT2D eigenvalue weighted by molar-refractivity contribution is -0.124. The van der Waals surface area contributed by atoms with Gasteiger partial charge in [0.1, 0.15) is 5.75 Å². The maximum Gasteiger partial charge on any atom is 0.258 e. The van der Waals surface area contributed by atoms with Gasteiger partial charge in [0.25, 0.3) is 5.91 Å². The fourth-order valence-corrected chi connectivity index (χ4v) is 2.07. The van der Waals surface area contributed by atoms with Crippen LogP contribution in [-0.2, 0) is 9.53 Å². The minimum atomic E-state index is -0.150. The van der Waals surface area contributed by atoms with E-state index in [1.54, 1.807) is 7.11 Å². The van der Waals surface area contributed by atoms with E-state index < -0.39 is 0 Å². The second-order valence-corrected chi connectivity index (χ2v) is 4.69. The second kappa shape index (κ2) is 6.91. The summed E-state index contributed by atoms with van der Waals surface area (Å²) in [6, 6.07) is 13.7. The Morgan fingerprint density at radius 1 is 1.20 bits per heavy atom. The van der Waals surface area contributed by atoms with Crippen molar-refractivity contribution in [2.75, 3.05) is 20.3 Å². The Hall–Kier alpha value is -2.07. The molecule has 4 nitrogen and oxygen atoms in total. The highest BCUT2D eigenvalue weighted by molar-refractivity contribution is 5.88. The van der Waals surface area contributed by atoms with Gasteiger partial charge in [0.2, 0.25) is 0 Å². The van der Waals surface area contributed by atoms with Crippen molar-refractivity contribution in [2.24, 2.45) is 0 Å². The van der Waals surface area contributed by atoms with Crippen LogP contribution < -0.4 is 10.1 Å². The fourth-order valence-electron chi connectivity index (χ4n) is 2.07. The molecule has 0 saturated carbocycles. The summed E-state index contributed by atoms with van der Waals surface area (Å²) in [5.41, 5.74) is 0. The Labute approximate surface area is 118 Å². The van der Waals surface area contributed by atoms with Crippen molar-refractivity contribution in [1.29, 1.82) is 0 Å². The van der Waals surface area contributed by atoms with Gasteiger partial charge in [0.15, 0.2) is 6.61 Å². The third-order valence-corrected chi connectivity index (χ3v) is 2.93. The monoisotopic (exact) mass is 273 g/mol.